The summed E-state index contributed by atoms with van der Waals surface area (Å²) in [6, 6.07) is 7.05. The van der Waals surface area contributed by atoms with E-state index in [1.54, 1.807) is 18.9 Å². The second kappa shape index (κ2) is 11.2. The molecule has 8 nitrogen and oxygen atoms in total. The van der Waals surface area contributed by atoms with Crippen molar-refractivity contribution in [1.29, 1.82) is 0 Å². The average Bonchev–Trinajstić information content (AvgIpc) is 3.16. The van der Waals surface area contributed by atoms with Crippen LogP contribution in [0.15, 0.2) is 36.7 Å². The standard InChI is InChI=1S/C22H25ClN6O2.2H2S/c1-13-19-21(28(3)20(14(2)30)22(31)27-19)26-18(25-13)9-6-16-10-24-29(12-16)11-15-4-7-17(23)8-5-15;;/h4-5,7-8,10,12,14,20,30H,6,9,11H2,1-3H3,(H,27,31);2*1H2/t14-,20-;;/m0../s1. The molecule has 0 saturated carbocycles. The van der Waals surface area contributed by atoms with Crippen molar-refractivity contribution in [3.63, 3.8) is 0 Å². The maximum atomic E-state index is 12.3. The first-order valence-corrected chi connectivity index (χ1v) is 10.5. The average molecular weight is 509 g/mol. The second-order valence-electron chi connectivity index (χ2n) is 7.88. The first kappa shape index (κ1) is 27.0. The number of anilines is 2. The van der Waals surface area contributed by atoms with Crippen molar-refractivity contribution in [3.8, 4) is 0 Å². The van der Waals surface area contributed by atoms with Gasteiger partial charge in [-0.15, -0.1) is 0 Å². The molecule has 2 atom stereocenters. The highest BCUT2D eigenvalue weighted by Crippen LogP contribution is 2.32. The highest BCUT2D eigenvalue weighted by atomic mass is 35.5. The topological polar surface area (TPSA) is 96.2 Å². The molecule has 3 heterocycles. The minimum absolute atomic E-state index is 0. The number of carbonyl (C=O) groups excluding carboxylic acids is 1. The molecule has 0 spiro atoms. The van der Waals surface area contributed by atoms with Gasteiger partial charge in [-0.3, -0.25) is 9.48 Å². The van der Waals surface area contributed by atoms with Crippen molar-refractivity contribution in [3.05, 3.63) is 64.3 Å². The lowest BCUT2D eigenvalue weighted by Crippen LogP contribution is -2.52. The summed E-state index contributed by atoms with van der Waals surface area (Å²) in [5.74, 6) is 1.07. The molecule has 0 fully saturated rings. The largest absolute Gasteiger partial charge is 0.391 e. The van der Waals surface area contributed by atoms with Crippen LogP contribution in [-0.4, -0.2) is 50.0 Å². The summed E-state index contributed by atoms with van der Waals surface area (Å²) in [6.45, 7) is 4.13. The molecule has 0 aliphatic carbocycles. The van der Waals surface area contributed by atoms with E-state index in [4.69, 9.17) is 11.6 Å². The molecule has 0 bridgehead atoms. The molecule has 1 aromatic carbocycles. The Labute approximate surface area is 212 Å². The Morgan fingerprint density at radius 3 is 2.52 bits per heavy atom. The molecule has 4 rings (SSSR count). The van der Waals surface area contributed by atoms with E-state index in [1.165, 1.54) is 0 Å². The number of benzene rings is 1. The zero-order valence-electron chi connectivity index (χ0n) is 18.7. The van der Waals surface area contributed by atoms with E-state index in [0.29, 0.717) is 36.0 Å². The van der Waals surface area contributed by atoms with E-state index in [2.05, 4.69) is 20.4 Å². The molecule has 1 aliphatic heterocycles. The first-order valence-electron chi connectivity index (χ1n) is 10.2. The smallest absolute Gasteiger partial charge is 0.249 e. The van der Waals surface area contributed by atoms with E-state index in [1.807, 2.05) is 48.3 Å². The van der Waals surface area contributed by atoms with E-state index < -0.39 is 12.1 Å². The van der Waals surface area contributed by atoms with Crippen molar-refractivity contribution in [2.24, 2.45) is 0 Å². The third kappa shape index (κ3) is 6.00. The lowest BCUT2D eigenvalue weighted by atomic mass is 10.1. The quantitative estimate of drug-likeness (QED) is 0.531. The predicted octanol–water partition coefficient (Wildman–Crippen LogP) is 2.83. The van der Waals surface area contributed by atoms with E-state index in [9.17, 15) is 9.90 Å². The fourth-order valence-corrected chi connectivity index (χ4v) is 3.96. The van der Waals surface area contributed by atoms with Gasteiger partial charge in [-0.2, -0.15) is 32.1 Å². The fourth-order valence-electron chi connectivity index (χ4n) is 3.83. The molecular formula is C22H29ClN6O2S2. The van der Waals surface area contributed by atoms with Crippen LogP contribution in [0.25, 0.3) is 0 Å². The summed E-state index contributed by atoms with van der Waals surface area (Å²) < 4.78 is 1.90. The van der Waals surface area contributed by atoms with Gasteiger partial charge in [0.15, 0.2) is 5.82 Å². The Balaban J connectivity index is 0.00000193. The number of hydrogen-bond donors (Lipinski definition) is 2. The van der Waals surface area contributed by atoms with Gasteiger partial charge in [0.25, 0.3) is 0 Å². The SMILES string of the molecule is Cc1nc(CCc2cnn(Cc3ccc(Cl)cc3)c2)nc2c1NC(=O)[C@H]([C@H](C)O)N2C.S.S. The number of aromatic nitrogens is 4. The number of hydrogen-bond acceptors (Lipinski definition) is 6. The number of nitrogens with zero attached hydrogens (tertiary/aromatic N) is 5. The number of halogens is 1. The molecule has 2 N–H and O–H groups in total. The maximum absolute atomic E-state index is 12.3. The van der Waals surface area contributed by atoms with Gasteiger partial charge >= 0.3 is 0 Å². The second-order valence-corrected chi connectivity index (χ2v) is 8.32. The van der Waals surface area contributed by atoms with Crippen LogP contribution in [0.2, 0.25) is 5.02 Å². The van der Waals surface area contributed by atoms with Gasteiger partial charge in [-0.1, -0.05) is 23.7 Å². The van der Waals surface area contributed by atoms with Gasteiger partial charge < -0.3 is 15.3 Å². The summed E-state index contributed by atoms with van der Waals surface area (Å²) in [4.78, 5) is 23.3. The summed E-state index contributed by atoms with van der Waals surface area (Å²) >= 11 is 5.94. The predicted molar refractivity (Wildman–Crippen MR) is 140 cm³/mol. The lowest BCUT2D eigenvalue weighted by molar-refractivity contribution is -0.119. The molecule has 2 aromatic heterocycles. The molecule has 3 aromatic rings. The Morgan fingerprint density at radius 1 is 1.15 bits per heavy atom. The van der Waals surface area contributed by atoms with Crippen LogP contribution in [0.1, 0.15) is 29.6 Å². The number of aliphatic hydroxyl groups excluding tert-OH is 1. The molecule has 178 valence electrons. The molecule has 11 heteroatoms. The zero-order valence-corrected chi connectivity index (χ0v) is 21.5. The highest BCUT2D eigenvalue weighted by Gasteiger charge is 2.36. The van der Waals surface area contributed by atoms with Crippen LogP contribution in [-0.2, 0) is 24.2 Å². The van der Waals surface area contributed by atoms with Crippen LogP contribution in [0.3, 0.4) is 0 Å². The highest BCUT2D eigenvalue weighted by molar-refractivity contribution is 7.59. The summed E-state index contributed by atoms with van der Waals surface area (Å²) in [6.07, 6.45) is 4.45. The molecule has 0 saturated heterocycles. The van der Waals surface area contributed by atoms with E-state index in [-0.39, 0.29) is 32.9 Å². The lowest BCUT2D eigenvalue weighted by Gasteiger charge is -2.36. The fraction of sp³-hybridized carbons (Fsp3) is 0.364. The van der Waals surface area contributed by atoms with E-state index in [0.717, 1.165) is 22.6 Å². The number of fused-ring (bicyclic) bond motifs is 1. The third-order valence-corrected chi connectivity index (χ3v) is 5.68. The van der Waals surface area contributed by atoms with Crippen molar-refractivity contribution >= 4 is 56.0 Å². The van der Waals surface area contributed by atoms with Crippen LogP contribution in [0.5, 0.6) is 0 Å². The Hall–Kier alpha value is -2.27. The monoisotopic (exact) mass is 508 g/mol. The molecule has 0 unspecified atom stereocenters. The van der Waals surface area contributed by atoms with Crippen molar-refractivity contribution in [2.45, 2.75) is 45.4 Å². The van der Waals surface area contributed by atoms with Crippen molar-refractivity contribution in [2.75, 3.05) is 17.3 Å². The number of likely N-dealkylation sites (N-methyl/N-ethyl adjacent to an activating group) is 1. The van der Waals surface area contributed by atoms with Crippen LogP contribution in [0.4, 0.5) is 11.5 Å². The molecule has 0 radical (unpaired) electrons. The molecule has 33 heavy (non-hydrogen) atoms. The minimum Gasteiger partial charge on any atom is -0.391 e. The molecule has 1 amide bonds. The number of aryl methyl sites for hydroxylation is 3. The van der Waals surface area contributed by atoms with Gasteiger partial charge in [0.2, 0.25) is 5.91 Å². The van der Waals surface area contributed by atoms with Gasteiger partial charge in [-0.05, 0) is 43.5 Å². The Kier molecular flexibility index (Phi) is 9.19. The summed E-state index contributed by atoms with van der Waals surface area (Å²) in [5.41, 5.74) is 3.54. The maximum Gasteiger partial charge on any atom is 0.249 e. The van der Waals surface area contributed by atoms with Gasteiger partial charge in [0, 0.05) is 24.7 Å². The number of nitrogens with one attached hydrogen (secondary N) is 1. The van der Waals surface area contributed by atoms with Crippen molar-refractivity contribution < 1.29 is 9.90 Å². The molecule has 1 aliphatic rings. The Morgan fingerprint density at radius 2 is 1.85 bits per heavy atom. The molecular weight excluding hydrogens is 480 g/mol. The number of amides is 1. The van der Waals surface area contributed by atoms with Crippen LogP contribution in [0, 0.1) is 6.92 Å². The van der Waals surface area contributed by atoms with Gasteiger partial charge in [-0.25, -0.2) is 9.97 Å². The van der Waals surface area contributed by atoms with Crippen molar-refractivity contribution in [1.82, 2.24) is 19.7 Å². The summed E-state index contributed by atoms with van der Waals surface area (Å²) in [7, 11) is 1.77. The van der Waals surface area contributed by atoms with Crippen LogP contribution >= 0.6 is 38.6 Å². The minimum atomic E-state index is -0.816. The normalized spacial score (nSPS) is 15.7. The first-order chi connectivity index (χ1) is 14.8. The number of rotatable bonds is 6. The van der Waals surface area contributed by atoms with E-state index >= 15 is 0 Å². The number of aliphatic hydroxyl groups is 1. The Bertz CT molecular complexity index is 1110. The third-order valence-electron chi connectivity index (χ3n) is 5.42. The van der Waals surface area contributed by atoms with Gasteiger partial charge in [0.1, 0.15) is 17.6 Å². The summed E-state index contributed by atoms with van der Waals surface area (Å²) in [5, 5.41) is 18.0. The van der Waals surface area contributed by atoms with Gasteiger partial charge in [0.05, 0.1) is 24.5 Å². The number of carbonyl (C=O) groups is 1. The zero-order chi connectivity index (χ0) is 22.1. The van der Waals surface area contributed by atoms with Crippen LogP contribution < -0.4 is 10.2 Å².